The van der Waals surface area contributed by atoms with Gasteiger partial charge in [-0.05, 0) is 59.8 Å². The molecule has 1 rings (SSSR count). The highest BCUT2D eigenvalue weighted by Crippen LogP contribution is 2.27. The number of amides is 1. The molecule has 0 spiro atoms. The van der Waals surface area contributed by atoms with Crippen LogP contribution in [0.3, 0.4) is 0 Å². The van der Waals surface area contributed by atoms with Crippen LogP contribution in [0.1, 0.15) is 67.2 Å². The van der Waals surface area contributed by atoms with Crippen molar-refractivity contribution in [2.24, 2.45) is 5.92 Å². The lowest BCUT2D eigenvalue weighted by atomic mass is 10.1. The zero-order chi connectivity index (χ0) is 16.0. The normalized spacial score (nSPS) is 22.6. The van der Waals surface area contributed by atoms with E-state index in [-0.39, 0.29) is 12.1 Å². The average molecular weight is 298 g/mol. The molecule has 0 heterocycles. The van der Waals surface area contributed by atoms with Gasteiger partial charge >= 0.3 is 6.09 Å². The second-order valence-corrected chi connectivity index (χ2v) is 7.51. The van der Waals surface area contributed by atoms with E-state index in [0.29, 0.717) is 12.6 Å². The Morgan fingerprint density at radius 2 is 2.00 bits per heavy atom. The summed E-state index contributed by atoms with van der Waals surface area (Å²) in [6, 6.07) is 0.788. The van der Waals surface area contributed by atoms with Gasteiger partial charge in [0.2, 0.25) is 0 Å². The fraction of sp³-hybridized carbons (Fsp3) is 0.941. The minimum Gasteiger partial charge on any atom is -0.444 e. The molecule has 1 fully saturated rings. The van der Waals surface area contributed by atoms with Crippen LogP contribution in [-0.4, -0.2) is 41.8 Å². The van der Waals surface area contributed by atoms with Crippen molar-refractivity contribution in [3.8, 4) is 0 Å². The van der Waals surface area contributed by atoms with Gasteiger partial charge in [0.1, 0.15) is 5.60 Å². The molecule has 1 saturated carbocycles. The maximum absolute atomic E-state index is 12.2. The van der Waals surface area contributed by atoms with E-state index in [2.05, 4.69) is 12.2 Å². The Hall–Kier alpha value is -0.770. The molecule has 124 valence electrons. The third-order valence-corrected chi connectivity index (χ3v) is 4.16. The molecule has 0 saturated heterocycles. The number of carbonyl (C=O) groups is 1. The van der Waals surface area contributed by atoms with Crippen molar-refractivity contribution >= 4 is 6.09 Å². The molecular formula is C17H34N2O2. The Labute approximate surface area is 130 Å². The van der Waals surface area contributed by atoms with Crippen LogP contribution < -0.4 is 5.32 Å². The van der Waals surface area contributed by atoms with E-state index in [9.17, 15) is 4.79 Å². The van der Waals surface area contributed by atoms with Crippen LogP contribution in [-0.2, 0) is 4.74 Å². The van der Waals surface area contributed by atoms with Crippen molar-refractivity contribution in [2.45, 2.75) is 84.9 Å². The number of hydrogen-bond donors (Lipinski definition) is 1. The zero-order valence-electron chi connectivity index (χ0n) is 14.7. The predicted octanol–water partition coefficient (Wildman–Crippen LogP) is 3.80. The number of nitrogens with zero attached hydrogens (tertiary/aromatic N) is 1. The fourth-order valence-corrected chi connectivity index (χ4v) is 2.90. The molecule has 1 N–H and O–H groups in total. The molecule has 1 aliphatic rings. The van der Waals surface area contributed by atoms with Crippen molar-refractivity contribution in [1.29, 1.82) is 0 Å². The molecule has 4 heteroatoms. The zero-order valence-corrected chi connectivity index (χ0v) is 14.7. The highest BCUT2D eigenvalue weighted by Gasteiger charge is 2.25. The maximum Gasteiger partial charge on any atom is 0.410 e. The first kappa shape index (κ1) is 18.3. The van der Waals surface area contributed by atoms with E-state index < -0.39 is 5.60 Å². The van der Waals surface area contributed by atoms with Crippen molar-refractivity contribution in [3.05, 3.63) is 0 Å². The van der Waals surface area contributed by atoms with E-state index in [1.807, 2.05) is 39.5 Å². The summed E-state index contributed by atoms with van der Waals surface area (Å²) in [6.45, 7) is 13.6. The second kappa shape index (κ2) is 8.02. The quantitative estimate of drug-likeness (QED) is 0.811. The Kier molecular flexibility index (Phi) is 6.98. The number of hydrogen-bond acceptors (Lipinski definition) is 3. The first-order chi connectivity index (χ1) is 9.73. The highest BCUT2D eigenvalue weighted by atomic mass is 16.6. The van der Waals surface area contributed by atoms with E-state index >= 15 is 0 Å². The van der Waals surface area contributed by atoms with Crippen molar-refractivity contribution in [1.82, 2.24) is 10.2 Å². The number of ether oxygens (including phenoxy) is 1. The van der Waals surface area contributed by atoms with Crippen LogP contribution in [0.5, 0.6) is 0 Å². The Morgan fingerprint density at radius 3 is 2.48 bits per heavy atom. The molecule has 21 heavy (non-hydrogen) atoms. The molecule has 0 radical (unpaired) electrons. The van der Waals surface area contributed by atoms with Gasteiger partial charge in [-0.1, -0.05) is 13.3 Å². The third kappa shape index (κ3) is 6.68. The van der Waals surface area contributed by atoms with Gasteiger partial charge in [-0.15, -0.1) is 0 Å². The topological polar surface area (TPSA) is 41.6 Å². The fourth-order valence-electron chi connectivity index (χ4n) is 2.90. The minimum absolute atomic E-state index is 0.161. The molecule has 2 atom stereocenters. The van der Waals surface area contributed by atoms with Gasteiger partial charge in [0.25, 0.3) is 0 Å². The predicted molar refractivity (Wildman–Crippen MR) is 87.5 cm³/mol. The summed E-state index contributed by atoms with van der Waals surface area (Å²) in [5, 5.41) is 3.60. The van der Waals surface area contributed by atoms with E-state index in [4.69, 9.17) is 4.74 Å². The van der Waals surface area contributed by atoms with E-state index in [1.54, 1.807) is 0 Å². The standard InChI is InChI=1S/C17H34N2O2/c1-7-14-8-9-15(12-14)18-10-11-19(13(2)3)16(20)21-17(4,5)6/h13-15,18H,7-12H2,1-6H3. The molecule has 0 aromatic heterocycles. The Balaban J connectivity index is 2.36. The number of rotatable bonds is 6. The SMILES string of the molecule is CCC1CCC(NCCN(C(=O)OC(C)(C)C)C(C)C)C1. The first-order valence-electron chi connectivity index (χ1n) is 8.46. The van der Waals surface area contributed by atoms with Gasteiger partial charge in [-0.25, -0.2) is 4.79 Å². The molecule has 0 bridgehead atoms. The van der Waals surface area contributed by atoms with Crippen molar-refractivity contribution < 1.29 is 9.53 Å². The smallest absolute Gasteiger partial charge is 0.410 e. The molecule has 0 aromatic carbocycles. The molecule has 2 unspecified atom stereocenters. The first-order valence-corrected chi connectivity index (χ1v) is 8.46. The lowest BCUT2D eigenvalue weighted by Crippen LogP contribution is -2.45. The molecule has 0 aromatic rings. The lowest BCUT2D eigenvalue weighted by Gasteiger charge is -2.30. The average Bonchev–Trinajstić information content (AvgIpc) is 2.79. The Morgan fingerprint density at radius 1 is 1.33 bits per heavy atom. The Bertz CT molecular complexity index is 323. The molecular weight excluding hydrogens is 264 g/mol. The van der Waals surface area contributed by atoms with Gasteiger partial charge in [0.05, 0.1) is 0 Å². The molecule has 0 aliphatic heterocycles. The second-order valence-electron chi connectivity index (χ2n) is 7.51. The van der Waals surface area contributed by atoms with Gasteiger partial charge < -0.3 is 15.0 Å². The van der Waals surface area contributed by atoms with Crippen molar-refractivity contribution in [3.63, 3.8) is 0 Å². The van der Waals surface area contributed by atoms with Crippen LogP contribution in [0.2, 0.25) is 0 Å². The lowest BCUT2D eigenvalue weighted by molar-refractivity contribution is 0.0192. The van der Waals surface area contributed by atoms with Crippen LogP contribution in [0.4, 0.5) is 4.79 Å². The molecule has 1 aliphatic carbocycles. The monoisotopic (exact) mass is 298 g/mol. The van der Waals surface area contributed by atoms with E-state index in [1.165, 1.54) is 25.7 Å². The summed E-state index contributed by atoms with van der Waals surface area (Å²) in [6.07, 6.45) is 4.97. The summed E-state index contributed by atoms with van der Waals surface area (Å²) in [4.78, 5) is 14.0. The van der Waals surface area contributed by atoms with Crippen LogP contribution in [0, 0.1) is 5.92 Å². The number of carbonyl (C=O) groups excluding carboxylic acids is 1. The van der Waals surface area contributed by atoms with Crippen molar-refractivity contribution in [2.75, 3.05) is 13.1 Å². The van der Waals surface area contributed by atoms with Gasteiger partial charge in [-0.3, -0.25) is 0 Å². The molecule has 1 amide bonds. The number of nitrogens with one attached hydrogen (secondary N) is 1. The summed E-state index contributed by atoms with van der Waals surface area (Å²) in [7, 11) is 0. The van der Waals surface area contributed by atoms with Gasteiger partial charge in [0.15, 0.2) is 0 Å². The third-order valence-electron chi connectivity index (χ3n) is 4.16. The van der Waals surface area contributed by atoms with Crippen LogP contribution in [0.25, 0.3) is 0 Å². The highest BCUT2D eigenvalue weighted by molar-refractivity contribution is 5.68. The summed E-state index contributed by atoms with van der Waals surface area (Å²) in [5.41, 5.74) is -0.433. The maximum atomic E-state index is 12.2. The minimum atomic E-state index is -0.433. The summed E-state index contributed by atoms with van der Waals surface area (Å²) >= 11 is 0. The molecule has 4 nitrogen and oxygen atoms in total. The summed E-state index contributed by atoms with van der Waals surface area (Å²) in [5.74, 6) is 0.884. The largest absolute Gasteiger partial charge is 0.444 e. The summed E-state index contributed by atoms with van der Waals surface area (Å²) < 4.78 is 5.48. The van der Waals surface area contributed by atoms with E-state index in [0.717, 1.165) is 12.5 Å². The van der Waals surface area contributed by atoms with Crippen LogP contribution >= 0.6 is 0 Å². The van der Waals surface area contributed by atoms with Gasteiger partial charge in [0, 0.05) is 25.2 Å². The van der Waals surface area contributed by atoms with Gasteiger partial charge in [-0.2, -0.15) is 0 Å². The van der Waals surface area contributed by atoms with Crippen LogP contribution in [0.15, 0.2) is 0 Å².